The third-order valence-corrected chi connectivity index (χ3v) is 7.00. The highest BCUT2D eigenvalue weighted by Crippen LogP contribution is 2.23. The lowest BCUT2D eigenvalue weighted by atomic mass is 10.1. The third-order valence-electron chi connectivity index (χ3n) is 6.45. The van der Waals surface area contributed by atoms with E-state index in [1.54, 1.807) is 10.5 Å². The van der Waals surface area contributed by atoms with Crippen molar-refractivity contribution in [3.05, 3.63) is 93.9 Å². The van der Waals surface area contributed by atoms with E-state index in [1.165, 1.54) is 11.4 Å². The van der Waals surface area contributed by atoms with Crippen LogP contribution in [-0.2, 0) is 13.0 Å². The van der Waals surface area contributed by atoms with Crippen LogP contribution in [0.5, 0.6) is 0 Å². The zero-order valence-electron chi connectivity index (χ0n) is 19.5. The Labute approximate surface area is 215 Å². The SMILES string of the molecule is CCc1nc2c(Cl)cccn2c1C(=O)NCc1ccc(N2CCN(c3ccc(Cl)cc3)CC2)cc1. The summed E-state index contributed by atoms with van der Waals surface area (Å²) in [6, 6.07) is 20.0. The number of halogens is 2. The molecule has 1 fully saturated rings. The number of nitrogens with one attached hydrogen (secondary N) is 1. The Kier molecular flexibility index (Phi) is 6.84. The number of pyridine rings is 1. The number of aromatic nitrogens is 2. The van der Waals surface area contributed by atoms with Crippen LogP contribution >= 0.6 is 23.2 Å². The van der Waals surface area contributed by atoms with Crippen LogP contribution in [0.15, 0.2) is 66.9 Å². The summed E-state index contributed by atoms with van der Waals surface area (Å²) in [7, 11) is 0. The van der Waals surface area contributed by atoms with Crippen LogP contribution in [0.3, 0.4) is 0 Å². The highest BCUT2D eigenvalue weighted by molar-refractivity contribution is 6.33. The van der Waals surface area contributed by atoms with Gasteiger partial charge in [-0.1, -0.05) is 42.3 Å². The summed E-state index contributed by atoms with van der Waals surface area (Å²) in [4.78, 5) is 22.4. The second-order valence-corrected chi connectivity index (χ2v) is 9.45. The van der Waals surface area contributed by atoms with E-state index in [4.69, 9.17) is 23.2 Å². The molecule has 0 saturated carbocycles. The second kappa shape index (κ2) is 10.2. The quantitative estimate of drug-likeness (QED) is 0.376. The number of anilines is 2. The molecule has 4 aromatic rings. The number of amides is 1. The Bertz CT molecular complexity index is 1330. The summed E-state index contributed by atoms with van der Waals surface area (Å²) in [5.41, 5.74) is 5.34. The summed E-state index contributed by atoms with van der Waals surface area (Å²) in [6.45, 7) is 6.26. The smallest absolute Gasteiger partial charge is 0.270 e. The van der Waals surface area contributed by atoms with Gasteiger partial charge in [0.15, 0.2) is 5.65 Å². The molecule has 6 nitrogen and oxygen atoms in total. The molecule has 0 spiro atoms. The molecule has 1 amide bonds. The molecule has 8 heteroatoms. The topological polar surface area (TPSA) is 52.9 Å². The predicted octanol–water partition coefficient (Wildman–Crippen LogP) is 5.46. The van der Waals surface area contributed by atoms with Gasteiger partial charge in [0, 0.05) is 55.3 Å². The van der Waals surface area contributed by atoms with E-state index in [0.717, 1.165) is 42.5 Å². The predicted molar refractivity (Wildman–Crippen MR) is 143 cm³/mol. The van der Waals surface area contributed by atoms with E-state index >= 15 is 0 Å². The maximum absolute atomic E-state index is 13.0. The minimum atomic E-state index is -0.154. The number of piperazine rings is 1. The normalized spacial score (nSPS) is 13.9. The first-order valence-electron chi connectivity index (χ1n) is 11.8. The summed E-state index contributed by atoms with van der Waals surface area (Å²) in [6.07, 6.45) is 2.48. The van der Waals surface area contributed by atoms with Crippen LogP contribution in [0.4, 0.5) is 11.4 Å². The van der Waals surface area contributed by atoms with Gasteiger partial charge in [0.05, 0.1) is 10.7 Å². The lowest BCUT2D eigenvalue weighted by Crippen LogP contribution is -2.46. The molecular weight excluding hydrogens is 481 g/mol. The van der Waals surface area contributed by atoms with Crippen LogP contribution in [-0.4, -0.2) is 41.5 Å². The molecule has 1 aliphatic rings. The lowest BCUT2D eigenvalue weighted by Gasteiger charge is -2.37. The maximum Gasteiger partial charge on any atom is 0.270 e. The molecule has 2 aromatic carbocycles. The molecule has 5 rings (SSSR count). The highest BCUT2D eigenvalue weighted by Gasteiger charge is 2.20. The van der Waals surface area contributed by atoms with Crippen LogP contribution < -0.4 is 15.1 Å². The van der Waals surface area contributed by atoms with E-state index in [9.17, 15) is 4.79 Å². The lowest BCUT2D eigenvalue weighted by molar-refractivity contribution is 0.0944. The first kappa shape index (κ1) is 23.5. The van der Waals surface area contributed by atoms with E-state index in [1.807, 2.05) is 31.3 Å². The van der Waals surface area contributed by atoms with Crippen LogP contribution in [0.1, 0.15) is 28.7 Å². The van der Waals surface area contributed by atoms with Gasteiger partial charge in [-0.3, -0.25) is 9.20 Å². The van der Waals surface area contributed by atoms with Crippen molar-refractivity contribution in [3.8, 4) is 0 Å². The van der Waals surface area contributed by atoms with Crippen molar-refractivity contribution in [1.82, 2.24) is 14.7 Å². The molecular formula is C27H27Cl2N5O. The molecule has 0 atom stereocenters. The van der Waals surface area contributed by atoms with Gasteiger partial charge in [0.25, 0.3) is 5.91 Å². The fraction of sp³-hybridized carbons (Fsp3) is 0.259. The summed E-state index contributed by atoms with van der Waals surface area (Å²) < 4.78 is 1.77. The average molecular weight is 508 g/mol. The van der Waals surface area contributed by atoms with Gasteiger partial charge in [0.1, 0.15) is 5.69 Å². The third kappa shape index (κ3) is 4.95. The molecule has 3 heterocycles. The number of nitrogens with zero attached hydrogens (tertiary/aromatic N) is 4. The number of rotatable bonds is 6. The number of aryl methyl sites for hydroxylation is 1. The van der Waals surface area contributed by atoms with E-state index in [2.05, 4.69) is 56.5 Å². The monoisotopic (exact) mass is 507 g/mol. The summed E-state index contributed by atoms with van der Waals surface area (Å²) in [5.74, 6) is -0.154. The number of hydrogen-bond donors (Lipinski definition) is 1. The largest absolute Gasteiger partial charge is 0.368 e. The average Bonchev–Trinajstić information content (AvgIpc) is 3.28. The summed E-state index contributed by atoms with van der Waals surface area (Å²) >= 11 is 12.3. The highest BCUT2D eigenvalue weighted by atomic mass is 35.5. The number of carbonyl (C=O) groups excluding carboxylic acids is 1. The van der Waals surface area contributed by atoms with Crippen molar-refractivity contribution in [2.24, 2.45) is 0 Å². The zero-order chi connectivity index (χ0) is 24.4. The van der Waals surface area contributed by atoms with Gasteiger partial charge in [-0.25, -0.2) is 4.98 Å². The van der Waals surface area contributed by atoms with Gasteiger partial charge in [-0.05, 0) is 60.5 Å². The molecule has 0 aliphatic carbocycles. The fourth-order valence-corrected chi connectivity index (χ4v) is 4.87. The number of benzene rings is 2. The maximum atomic E-state index is 13.0. The van der Waals surface area contributed by atoms with Gasteiger partial charge < -0.3 is 15.1 Å². The van der Waals surface area contributed by atoms with Crippen LogP contribution in [0.25, 0.3) is 5.65 Å². The van der Waals surface area contributed by atoms with E-state index in [0.29, 0.717) is 29.3 Å². The van der Waals surface area contributed by atoms with E-state index in [-0.39, 0.29) is 5.91 Å². The number of imidazole rings is 1. The standard InChI is InChI=1S/C27H27Cl2N5O/c1-2-24-25(34-13-3-4-23(29)26(34)31-24)27(35)30-18-19-5-9-21(10-6-19)32-14-16-33(17-15-32)22-11-7-20(28)8-12-22/h3-13H,2,14-18H2,1H3,(H,30,35). The Morgan fingerprint density at radius 3 is 2.11 bits per heavy atom. The van der Waals surface area contributed by atoms with Crippen LogP contribution in [0, 0.1) is 0 Å². The van der Waals surface area contributed by atoms with Crippen molar-refractivity contribution >= 4 is 46.1 Å². The molecule has 1 saturated heterocycles. The molecule has 1 aliphatic heterocycles. The Morgan fingerprint density at radius 2 is 1.51 bits per heavy atom. The van der Waals surface area contributed by atoms with Gasteiger partial charge in [-0.15, -0.1) is 0 Å². The van der Waals surface area contributed by atoms with Gasteiger partial charge in [0.2, 0.25) is 0 Å². The molecule has 0 bridgehead atoms. The molecule has 35 heavy (non-hydrogen) atoms. The van der Waals surface area contributed by atoms with Crippen molar-refractivity contribution < 1.29 is 4.79 Å². The Hall–Kier alpha value is -3.22. The minimum absolute atomic E-state index is 0.154. The Balaban J connectivity index is 1.20. The molecule has 1 N–H and O–H groups in total. The molecule has 0 unspecified atom stereocenters. The number of hydrogen-bond acceptors (Lipinski definition) is 4. The molecule has 180 valence electrons. The van der Waals surface area contributed by atoms with Gasteiger partial charge in [-0.2, -0.15) is 0 Å². The summed E-state index contributed by atoms with van der Waals surface area (Å²) in [5, 5.41) is 4.34. The first-order chi connectivity index (χ1) is 17.0. The second-order valence-electron chi connectivity index (χ2n) is 8.61. The Morgan fingerprint density at radius 1 is 0.914 bits per heavy atom. The van der Waals surface area contributed by atoms with Crippen LogP contribution in [0.2, 0.25) is 10.0 Å². The van der Waals surface area contributed by atoms with Crippen molar-refractivity contribution in [2.45, 2.75) is 19.9 Å². The zero-order valence-corrected chi connectivity index (χ0v) is 21.1. The van der Waals surface area contributed by atoms with E-state index < -0.39 is 0 Å². The van der Waals surface area contributed by atoms with Crippen molar-refractivity contribution in [1.29, 1.82) is 0 Å². The first-order valence-corrected chi connectivity index (χ1v) is 12.6. The number of carbonyl (C=O) groups is 1. The van der Waals surface area contributed by atoms with Gasteiger partial charge >= 0.3 is 0 Å². The van der Waals surface area contributed by atoms with Crippen molar-refractivity contribution in [2.75, 3.05) is 36.0 Å². The molecule has 2 aromatic heterocycles. The number of fused-ring (bicyclic) bond motifs is 1. The van der Waals surface area contributed by atoms with Crippen molar-refractivity contribution in [3.63, 3.8) is 0 Å². The molecule has 0 radical (unpaired) electrons. The minimum Gasteiger partial charge on any atom is -0.368 e. The fourth-order valence-electron chi connectivity index (χ4n) is 4.53.